The summed E-state index contributed by atoms with van der Waals surface area (Å²) in [6, 6.07) is 13.3. The van der Waals surface area contributed by atoms with Crippen molar-refractivity contribution in [1.29, 1.82) is 0 Å². The Balaban J connectivity index is 1.42. The van der Waals surface area contributed by atoms with Crippen LogP contribution in [0.5, 0.6) is 5.75 Å². The fourth-order valence-corrected chi connectivity index (χ4v) is 5.40. The Morgan fingerprint density at radius 3 is 2.68 bits per heavy atom. The van der Waals surface area contributed by atoms with Gasteiger partial charge in [-0.15, -0.1) is 21.5 Å². The summed E-state index contributed by atoms with van der Waals surface area (Å²) in [7, 11) is 3.05. The van der Waals surface area contributed by atoms with Crippen LogP contribution in [0.4, 0.5) is 9.39 Å². The molecule has 0 aliphatic carbocycles. The number of rotatable bonds is 9. The van der Waals surface area contributed by atoms with Crippen molar-refractivity contribution in [3.63, 3.8) is 0 Å². The van der Waals surface area contributed by atoms with E-state index in [1.807, 2.05) is 35.7 Å². The number of esters is 1. The number of thioether (sulfide) groups is 1. The molecule has 1 amide bonds. The molecule has 0 radical (unpaired) electrons. The fourth-order valence-electron chi connectivity index (χ4n) is 3.50. The van der Waals surface area contributed by atoms with Gasteiger partial charge in [0.2, 0.25) is 5.91 Å². The maximum absolute atomic E-state index is 13.3. The number of thiophene rings is 1. The second-order valence-corrected chi connectivity index (χ2v) is 10.0. The highest BCUT2D eigenvalue weighted by Crippen LogP contribution is 2.36. The predicted molar refractivity (Wildman–Crippen MR) is 142 cm³/mol. The third-order valence-corrected chi connectivity index (χ3v) is 7.49. The summed E-state index contributed by atoms with van der Waals surface area (Å²) < 4.78 is 25.8. The van der Waals surface area contributed by atoms with E-state index in [1.54, 1.807) is 18.5 Å². The Kier molecular flexibility index (Phi) is 8.47. The quantitative estimate of drug-likeness (QED) is 0.198. The minimum Gasteiger partial charge on any atom is -0.481 e. The van der Waals surface area contributed by atoms with Crippen LogP contribution in [0.25, 0.3) is 11.1 Å². The molecule has 0 spiro atoms. The lowest BCUT2D eigenvalue weighted by molar-refractivity contribution is -0.113. The van der Waals surface area contributed by atoms with Gasteiger partial charge in [-0.05, 0) is 30.7 Å². The molecule has 4 aromatic rings. The number of aromatic nitrogens is 3. The van der Waals surface area contributed by atoms with Crippen molar-refractivity contribution >= 4 is 51.6 Å². The lowest BCUT2D eigenvalue weighted by Gasteiger charge is -2.15. The van der Waals surface area contributed by atoms with Crippen LogP contribution in [0.1, 0.15) is 29.2 Å². The van der Waals surface area contributed by atoms with Gasteiger partial charge in [-0.1, -0.05) is 53.7 Å². The van der Waals surface area contributed by atoms with Crippen LogP contribution in [-0.2, 0) is 16.6 Å². The number of nitrogens with zero attached hydrogens (tertiary/aromatic N) is 3. The monoisotopic (exact) mass is 560 g/mol. The standard InChI is InChI=1S/C25H22ClFN4O4S2/c1-14(35-19-10-9-16(27)11-18(19)26)22-29-30-25(31(22)2)37-13-20(32)28-23-21(24(33)34-3)17(12-36-23)15-7-5-4-6-8-15/h4-12,14H,13H2,1-3H3,(H,28,32). The van der Waals surface area contributed by atoms with E-state index in [4.69, 9.17) is 21.1 Å². The molecule has 12 heteroatoms. The molecule has 0 aliphatic heterocycles. The molecule has 1 atom stereocenters. The number of carbonyl (C=O) groups excluding carboxylic acids is 2. The maximum Gasteiger partial charge on any atom is 0.341 e. The smallest absolute Gasteiger partial charge is 0.341 e. The third kappa shape index (κ3) is 6.12. The van der Waals surface area contributed by atoms with Gasteiger partial charge in [-0.2, -0.15) is 0 Å². The topological polar surface area (TPSA) is 95.3 Å². The summed E-state index contributed by atoms with van der Waals surface area (Å²) in [4.78, 5) is 25.2. The summed E-state index contributed by atoms with van der Waals surface area (Å²) in [5.74, 6) is -0.455. The number of anilines is 1. The van der Waals surface area contributed by atoms with Crippen LogP contribution in [-0.4, -0.2) is 39.5 Å². The van der Waals surface area contributed by atoms with E-state index < -0.39 is 17.9 Å². The molecule has 0 saturated heterocycles. The third-order valence-electron chi connectivity index (χ3n) is 5.28. The van der Waals surface area contributed by atoms with Crippen LogP contribution in [0.2, 0.25) is 5.02 Å². The first kappa shape index (κ1) is 26.6. The lowest BCUT2D eigenvalue weighted by atomic mass is 10.0. The molecule has 0 aliphatic rings. The van der Waals surface area contributed by atoms with Crippen LogP contribution in [0, 0.1) is 5.82 Å². The van der Waals surface area contributed by atoms with Gasteiger partial charge in [-0.3, -0.25) is 4.79 Å². The van der Waals surface area contributed by atoms with Crippen molar-refractivity contribution < 1.29 is 23.5 Å². The van der Waals surface area contributed by atoms with Gasteiger partial charge in [0.1, 0.15) is 22.1 Å². The summed E-state index contributed by atoms with van der Waals surface area (Å²) in [6.45, 7) is 1.76. The lowest BCUT2D eigenvalue weighted by Crippen LogP contribution is -2.16. The average Bonchev–Trinajstić information content (AvgIpc) is 3.47. The zero-order chi connectivity index (χ0) is 26.5. The van der Waals surface area contributed by atoms with Crippen molar-refractivity contribution in [1.82, 2.24) is 14.8 Å². The molecule has 0 fully saturated rings. The second kappa shape index (κ2) is 11.8. The van der Waals surface area contributed by atoms with Gasteiger partial charge in [-0.25, -0.2) is 9.18 Å². The number of methoxy groups -OCH3 is 1. The Morgan fingerprint density at radius 2 is 1.97 bits per heavy atom. The number of halogens is 2. The predicted octanol–water partition coefficient (Wildman–Crippen LogP) is 5.99. The van der Waals surface area contributed by atoms with Crippen LogP contribution < -0.4 is 10.1 Å². The first-order valence-electron chi connectivity index (χ1n) is 11.0. The first-order chi connectivity index (χ1) is 17.8. The van der Waals surface area contributed by atoms with Gasteiger partial charge >= 0.3 is 5.97 Å². The van der Waals surface area contributed by atoms with Crippen molar-refractivity contribution in [2.24, 2.45) is 7.05 Å². The number of hydrogen-bond donors (Lipinski definition) is 1. The molecule has 1 unspecified atom stereocenters. The van der Waals surface area contributed by atoms with E-state index in [1.165, 1.54) is 48.4 Å². The van der Waals surface area contributed by atoms with E-state index in [2.05, 4.69) is 15.5 Å². The van der Waals surface area contributed by atoms with Crippen molar-refractivity contribution in [3.05, 3.63) is 76.1 Å². The molecule has 8 nitrogen and oxygen atoms in total. The maximum atomic E-state index is 13.3. The van der Waals surface area contributed by atoms with Crippen LogP contribution in [0.3, 0.4) is 0 Å². The van der Waals surface area contributed by atoms with Crippen LogP contribution in [0.15, 0.2) is 59.1 Å². The fraction of sp³-hybridized carbons (Fsp3) is 0.200. The van der Waals surface area contributed by atoms with Gasteiger partial charge in [0.15, 0.2) is 17.1 Å². The number of benzene rings is 2. The summed E-state index contributed by atoms with van der Waals surface area (Å²) in [6.07, 6.45) is -0.534. The Morgan fingerprint density at radius 1 is 1.22 bits per heavy atom. The van der Waals surface area contributed by atoms with E-state index in [0.29, 0.717) is 32.9 Å². The highest BCUT2D eigenvalue weighted by atomic mass is 35.5. The zero-order valence-electron chi connectivity index (χ0n) is 20.0. The average molecular weight is 561 g/mol. The SMILES string of the molecule is COC(=O)c1c(-c2ccccc2)csc1NC(=O)CSc1nnc(C(C)Oc2ccc(F)cc2Cl)n1C. The molecule has 0 saturated carbocycles. The largest absolute Gasteiger partial charge is 0.481 e. The minimum absolute atomic E-state index is 0.0319. The van der Waals surface area contributed by atoms with E-state index >= 15 is 0 Å². The number of amides is 1. The molecule has 192 valence electrons. The van der Waals surface area contributed by atoms with Gasteiger partial charge in [0.25, 0.3) is 0 Å². The minimum atomic E-state index is -0.534. The normalized spacial score (nSPS) is 11.7. The van der Waals surface area contributed by atoms with Crippen molar-refractivity contribution in [3.8, 4) is 16.9 Å². The molecule has 2 aromatic heterocycles. The first-order valence-corrected chi connectivity index (χ1v) is 13.2. The number of ether oxygens (including phenoxy) is 2. The molecule has 2 heterocycles. The van der Waals surface area contributed by atoms with Crippen LogP contribution >= 0.6 is 34.7 Å². The molecule has 0 bridgehead atoms. The van der Waals surface area contributed by atoms with Gasteiger partial charge in [0, 0.05) is 18.0 Å². The number of carbonyl (C=O) groups is 2. The summed E-state index contributed by atoms with van der Waals surface area (Å²) >= 11 is 8.48. The summed E-state index contributed by atoms with van der Waals surface area (Å²) in [5.41, 5.74) is 1.84. The van der Waals surface area contributed by atoms with E-state index in [-0.39, 0.29) is 16.7 Å². The molecule has 4 rings (SSSR count). The molecule has 37 heavy (non-hydrogen) atoms. The molecular formula is C25H22ClFN4O4S2. The van der Waals surface area contributed by atoms with Crippen molar-refractivity contribution in [2.45, 2.75) is 18.2 Å². The number of nitrogens with one attached hydrogen (secondary N) is 1. The van der Waals surface area contributed by atoms with Gasteiger partial charge < -0.3 is 19.4 Å². The van der Waals surface area contributed by atoms with Gasteiger partial charge in [0.05, 0.1) is 17.9 Å². The molecule has 1 N–H and O–H groups in total. The Hall–Kier alpha value is -3.41. The molecule has 2 aromatic carbocycles. The Labute approximate surface area is 225 Å². The van der Waals surface area contributed by atoms with E-state index in [0.717, 1.165) is 5.56 Å². The van der Waals surface area contributed by atoms with Crippen molar-refractivity contribution in [2.75, 3.05) is 18.2 Å². The zero-order valence-corrected chi connectivity index (χ0v) is 22.4. The number of hydrogen-bond acceptors (Lipinski definition) is 8. The highest BCUT2D eigenvalue weighted by molar-refractivity contribution is 7.99. The molecular weight excluding hydrogens is 539 g/mol. The Bertz CT molecular complexity index is 1430. The second-order valence-electron chi connectivity index (χ2n) is 7.78. The van der Waals surface area contributed by atoms with E-state index in [9.17, 15) is 14.0 Å². The summed E-state index contributed by atoms with van der Waals surface area (Å²) in [5, 5.41) is 14.0. The highest BCUT2D eigenvalue weighted by Gasteiger charge is 2.23.